The molecule has 0 aliphatic heterocycles. The number of methoxy groups -OCH3 is 1. The quantitative estimate of drug-likeness (QED) is 0.347. The highest BCUT2D eigenvalue weighted by molar-refractivity contribution is 7.92. The number of hydrogen-bond donors (Lipinski definition) is 1. The van der Waals surface area contributed by atoms with Crippen LogP contribution in [-0.4, -0.2) is 28.0 Å². The first-order valence-electron chi connectivity index (χ1n) is 11.8. The van der Waals surface area contributed by atoms with E-state index in [0.717, 1.165) is 21.2 Å². The fourth-order valence-electron chi connectivity index (χ4n) is 3.96. The lowest BCUT2D eigenvalue weighted by Crippen LogP contribution is -2.42. The summed E-state index contributed by atoms with van der Waals surface area (Å²) >= 11 is 6.33. The fourth-order valence-corrected chi connectivity index (χ4v) is 5.61. The second-order valence-corrected chi connectivity index (χ2v) is 11.5. The van der Waals surface area contributed by atoms with E-state index >= 15 is 0 Å². The first-order valence-corrected chi connectivity index (χ1v) is 13.6. The van der Waals surface area contributed by atoms with Crippen molar-refractivity contribution in [2.75, 3.05) is 18.0 Å². The third-order valence-electron chi connectivity index (χ3n) is 5.96. The van der Waals surface area contributed by atoms with Gasteiger partial charge >= 0.3 is 0 Å². The van der Waals surface area contributed by atoms with Crippen molar-refractivity contribution in [3.05, 3.63) is 88.4 Å². The van der Waals surface area contributed by atoms with E-state index < -0.39 is 15.9 Å². The molecule has 1 atom stereocenters. The summed E-state index contributed by atoms with van der Waals surface area (Å²) in [6.07, 6.45) is 0.693. The Morgan fingerprint density at radius 3 is 2.22 bits per heavy atom. The molecule has 0 unspecified atom stereocenters. The molecule has 0 radical (unpaired) electrons. The van der Waals surface area contributed by atoms with E-state index in [9.17, 15) is 13.2 Å². The highest BCUT2D eigenvalue weighted by atomic mass is 35.5. The van der Waals surface area contributed by atoms with Crippen molar-refractivity contribution in [1.82, 2.24) is 5.32 Å². The highest BCUT2D eigenvalue weighted by Gasteiger charge is 2.29. The van der Waals surface area contributed by atoms with E-state index in [2.05, 4.69) is 19.2 Å². The van der Waals surface area contributed by atoms with E-state index in [-0.39, 0.29) is 17.5 Å². The monoisotopic (exact) mass is 528 g/mol. The predicted molar refractivity (Wildman–Crippen MR) is 145 cm³/mol. The van der Waals surface area contributed by atoms with Crippen LogP contribution in [0.15, 0.2) is 71.6 Å². The maximum Gasteiger partial charge on any atom is 0.264 e. The lowest BCUT2D eigenvalue weighted by Gasteiger charge is -2.28. The minimum atomic E-state index is -4.04. The minimum absolute atomic E-state index is 0.106. The van der Waals surface area contributed by atoms with Crippen molar-refractivity contribution >= 4 is 33.2 Å². The number of benzene rings is 3. The van der Waals surface area contributed by atoms with Gasteiger partial charge in [0.1, 0.15) is 12.3 Å². The summed E-state index contributed by atoms with van der Waals surface area (Å²) < 4.78 is 33.9. The summed E-state index contributed by atoms with van der Waals surface area (Å²) in [6, 6.07) is 18.8. The van der Waals surface area contributed by atoms with Gasteiger partial charge in [0.2, 0.25) is 5.91 Å². The maximum absolute atomic E-state index is 13.7. The Hall–Kier alpha value is -3.03. The van der Waals surface area contributed by atoms with E-state index in [1.807, 2.05) is 31.2 Å². The topological polar surface area (TPSA) is 75.7 Å². The first kappa shape index (κ1) is 27.6. The molecule has 192 valence electrons. The number of ether oxygens (including phenoxy) is 1. The zero-order chi connectivity index (χ0) is 26.5. The van der Waals surface area contributed by atoms with Gasteiger partial charge in [-0.15, -0.1) is 0 Å². The summed E-state index contributed by atoms with van der Waals surface area (Å²) in [6.45, 7) is 7.39. The molecule has 0 aliphatic rings. The molecule has 6 nitrogen and oxygen atoms in total. The highest BCUT2D eigenvalue weighted by Crippen LogP contribution is 2.31. The average molecular weight is 529 g/mol. The molecule has 0 spiro atoms. The number of nitrogens with zero attached hydrogens (tertiary/aromatic N) is 1. The van der Waals surface area contributed by atoms with Crippen molar-refractivity contribution in [1.29, 1.82) is 0 Å². The Morgan fingerprint density at radius 2 is 1.64 bits per heavy atom. The second-order valence-electron chi connectivity index (χ2n) is 9.23. The van der Waals surface area contributed by atoms with Gasteiger partial charge in [-0.2, -0.15) is 0 Å². The number of carbonyl (C=O) groups is 1. The number of hydrogen-bond acceptors (Lipinski definition) is 4. The van der Waals surface area contributed by atoms with Gasteiger partial charge in [0.15, 0.2) is 0 Å². The van der Waals surface area contributed by atoms with Crippen LogP contribution >= 0.6 is 11.6 Å². The summed E-state index contributed by atoms with van der Waals surface area (Å²) in [5.41, 5.74) is 2.80. The van der Waals surface area contributed by atoms with E-state index in [0.29, 0.717) is 28.6 Å². The smallest absolute Gasteiger partial charge is 0.264 e. The normalized spacial score (nSPS) is 12.3. The summed E-state index contributed by atoms with van der Waals surface area (Å²) in [7, 11) is -2.44. The number of carbonyl (C=O) groups excluding carboxylic acids is 1. The van der Waals surface area contributed by atoms with Crippen LogP contribution in [-0.2, 0) is 14.8 Å². The molecule has 0 saturated heterocycles. The SMILES string of the molecule is COc1ccc([C@@H](CC(C)C)NC(=O)CN(c2cccc(Cl)c2C)S(=O)(=O)c2ccc(C)cc2)cc1. The van der Waals surface area contributed by atoms with Crippen LogP contribution in [0.1, 0.15) is 43.0 Å². The van der Waals surface area contributed by atoms with Crippen LogP contribution < -0.4 is 14.4 Å². The largest absolute Gasteiger partial charge is 0.497 e. The molecule has 0 fully saturated rings. The Kier molecular flexibility index (Phi) is 9.03. The number of halogens is 1. The number of sulfonamides is 1. The third-order valence-corrected chi connectivity index (χ3v) is 8.15. The predicted octanol–water partition coefficient (Wildman–Crippen LogP) is 6.06. The Labute approximate surface area is 219 Å². The third kappa shape index (κ3) is 6.59. The van der Waals surface area contributed by atoms with Gasteiger partial charge in [-0.25, -0.2) is 8.42 Å². The minimum Gasteiger partial charge on any atom is -0.497 e. The molecule has 1 amide bonds. The molecule has 0 saturated carbocycles. The van der Waals surface area contributed by atoms with E-state index in [1.165, 1.54) is 0 Å². The van der Waals surface area contributed by atoms with E-state index in [4.69, 9.17) is 16.3 Å². The molecule has 3 aromatic carbocycles. The number of rotatable bonds is 10. The molecule has 3 rings (SSSR count). The van der Waals surface area contributed by atoms with Gasteiger partial charge in [-0.05, 0) is 73.7 Å². The Bertz CT molecular complexity index is 1290. The molecule has 0 heterocycles. The van der Waals surface area contributed by atoms with Gasteiger partial charge in [-0.3, -0.25) is 9.10 Å². The fraction of sp³-hybridized carbons (Fsp3) is 0.321. The van der Waals surface area contributed by atoms with Gasteiger partial charge in [-0.1, -0.05) is 61.3 Å². The van der Waals surface area contributed by atoms with Crippen LogP contribution in [0.5, 0.6) is 5.75 Å². The molecule has 0 bridgehead atoms. The molecule has 8 heteroatoms. The van der Waals surface area contributed by atoms with Crippen LogP contribution in [0.3, 0.4) is 0 Å². The van der Waals surface area contributed by atoms with Crippen LogP contribution in [0, 0.1) is 19.8 Å². The molecule has 0 aromatic heterocycles. The number of nitrogens with one attached hydrogen (secondary N) is 1. The zero-order valence-electron chi connectivity index (χ0n) is 21.3. The van der Waals surface area contributed by atoms with Gasteiger partial charge in [0.25, 0.3) is 10.0 Å². The van der Waals surface area contributed by atoms with Gasteiger partial charge in [0, 0.05) is 5.02 Å². The molecule has 0 aliphatic carbocycles. The molecular formula is C28H33ClN2O4S. The number of aryl methyl sites for hydroxylation is 1. The Balaban J connectivity index is 1.96. The van der Waals surface area contributed by atoms with Crippen molar-refractivity contribution in [3.63, 3.8) is 0 Å². The molecule has 1 N–H and O–H groups in total. The molecule has 3 aromatic rings. The lowest BCUT2D eigenvalue weighted by atomic mass is 9.97. The number of amides is 1. The molecular weight excluding hydrogens is 496 g/mol. The van der Waals surface area contributed by atoms with Crippen molar-refractivity contribution in [2.24, 2.45) is 5.92 Å². The van der Waals surface area contributed by atoms with E-state index in [1.54, 1.807) is 56.5 Å². The summed E-state index contributed by atoms with van der Waals surface area (Å²) in [5, 5.41) is 3.47. The summed E-state index contributed by atoms with van der Waals surface area (Å²) in [4.78, 5) is 13.5. The van der Waals surface area contributed by atoms with Crippen LogP contribution in [0.25, 0.3) is 0 Å². The maximum atomic E-state index is 13.7. The van der Waals surface area contributed by atoms with Crippen molar-refractivity contribution in [2.45, 2.75) is 45.1 Å². The van der Waals surface area contributed by atoms with Crippen LogP contribution in [0.4, 0.5) is 5.69 Å². The van der Waals surface area contributed by atoms with Crippen molar-refractivity contribution in [3.8, 4) is 5.75 Å². The second kappa shape index (κ2) is 11.8. The molecule has 36 heavy (non-hydrogen) atoms. The first-order chi connectivity index (χ1) is 17.0. The van der Waals surface area contributed by atoms with Crippen LogP contribution in [0.2, 0.25) is 5.02 Å². The Morgan fingerprint density at radius 1 is 1.00 bits per heavy atom. The standard InChI is InChI=1S/C28H33ClN2O4S/c1-19(2)17-26(22-11-13-23(35-5)14-12-22)30-28(32)18-31(27-8-6-7-25(29)21(27)4)36(33,34)24-15-9-20(3)10-16-24/h6-16,19,26H,17-18H2,1-5H3,(H,30,32)/t26-/m1/s1. The number of anilines is 1. The average Bonchev–Trinajstić information content (AvgIpc) is 2.84. The van der Waals surface area contributed by atoms with Crippen molar-refractivity contribution < 1.29 is 17.9 Å². The lowest BCUT2D eigenvalue weighted by molar-refractivity contribution is -0.120. The van der Waals surface area contributed by atoms with Gasteiger partial charge < -0.3 is 10.1 Å². The van der Waals surface area contributed by atoms with Gasteiger partial charge in [0.05, 0.1) is 23.7 Å². The zero-order valence-corrected chi connectivity index (χ0v) is 22.9. The summed E-state index contributed by atoms with van der Waals surface area (Å²) in [5.74, 6) is 0.617.